The van der Waals surface area contributed by atoms with E-state index in [1.165, 1.54) is 19.3 Å². The molecule has 4 heteroatoms. The fourth-order valence-corrected chi connectivity index (χ4v) is 2.34. The van der Waals surface area contributed by atoms with Crippen LogP contribution in [0.15, 0.2) is 0 Å². The first-order valence-electron chi connectivity index (χ1n) is 5.69. The maximum absolute atomic E-state index is 5.89. The summed E-state index contributed by atoms with van der Waals surface area (Å²) in [5, 5.41) is 0. The highest BCUT2D eigenvalue weighted by Crippen LogP contribution is 2.38. The summed E-state index contributed by atoms with van der Waals surface area (Å²) in [4.78, 5) is 11.0. The Kier molecular flexibility index (Phi) is 3.60. The zero-order chi connectivity index (χ0) is 10.9. The molecular weight excluding hydrogens is 307 g/mol. The van der Waals surface area contributed by atoms with Gasteiger partial charge in [0.05, 0.1) is 6.61 Å². The van der Waals surface area contributed by atoms with Crippen molar-refractivity contribution in [1.82, 2.24) is 0 Å². The zero-order valence-corrected chi connectivity index (χ0v) is 11.6. The SMILES string of the molecule is CC(C)(I)C1COC2(CCCCC2)OO1. The molecule has 0 aromatic carbocycles. The van der Waals surface area contributed by atoms with Crippen LogP contribution in [0.4, 0.5) is 0 Å². The molecule has 0 amide bonds. The molecule has 0 radical (unpaired) electrons. The minimum absolute atomic E-state index is 0.0330. The summed E-state index contributed by atoms with van der Waals surface area (Å²) in [6, 6.07) is 0. The van der Waals surface area contributed by atoms with Gasteiger partial charge in [0.25, 0.3) is 0 Å². The van der Waals surface area contributed by atoms with E-state index >= 15 is 0 Å². The first kappa shape index (κ1) is 12.1. The lowest BCUT2D eigenvalue weighted by Crippen LogP contribution is -2.50. The van der Waals surface area contributed by atoms with Crippen LogP contribution >= 0.6 is 22.6 Å². The Bertz CT molecular complexity index is 208. The van der Waals surface area contributed by atoms with Gasteiger partial charge in [-0.15, -0.1) is 0 Å². The summed E-state index contributed by atoms with van der Waals surface area (Å²) < 4.78 is 5.94. The van der Waals surface area contributed by atoms with Crippen LogP contribution in [-0.4, -0.2) is 21.9 Å². The van der Waals surface area contributed by atoms with Crippen LogP contribution in [0.3, 0.4) is 0 Å². The minimum Gasteiger partial charge on any atom is -0.344 e. The van der Waals surface area contributed by atoms with Gasteiger partial charge in [0, 0.05) is 16.3 Å². The number of hydrogen-bond donors (Lipinski definition) is 0. The molecule has 88 valence electrons. The lowest BCUT2D eigenvalue weighted by atomic mass is 9.94. The van der Waals surface area contributed by atoms with Gasteiger partial charge >= 0.3 is 0 Å². The highest BCUT2D eigenvalue weighted by atomic mass is 127. The van der Waals surface area contributed by atoms with Crippen molar-refractivity contribution in [1.29, 1.82) is 0 Å². The average Bonchev–Trinajstić information content (AvgIpc) is 2.18. The number of hydrogen-bond acceptors (Lipinski definition) is 3. The van der Waals surface area contributed by atoms with Gasteiger partial charge in [-0.2, -0.15) is 0 Å². The summed E-state index contributed by atoms with van der Waals surface area (Å²) >= 11 is 2.37. The van der Waals surface area contributed by atoms with Gasteiger partial charge in [0.2, 0.25) is 5.79 Å². The van der Waals surface area contributed by atoms with Crippen molar-refractivity contribution in [3.8, 4) is 0 Å². The van der Waals surface area contributed by atoms with E-state index in [1.54, 1.807) is 0 Å². The van der Waals surface area contributed by atoms with E-state index in [0.29, 0.717) is 6.61 Å². The molecule has 1 saturated carbocycles. The van der Waals surface area contributed by atoms with Crippen LogP contribution in [0, 0.1) is 0 Å². The maximum Gasteiger partial charge on any atom is 0.201 e. The molecule has 0 aromatic rings. The van der Waals surface area contributed by atoms with Gasteiger partial charge in [-0.05, 0) is 26.7 Å². The van der Waals surface area contributed by atoms with Gasteiger partial charge in [0.1, 0.15) is 6.10 Å². The number of ether oxygens (including phenoxy) is 1. The molecule has 0 N–H and O–H groups in total. The van der Waals surface area contributed by atoms with E-state index in [4.69, 9.17) is 14.5 Å². The second-order valence-electron chi connectivity index (χ2n) is 5.01. The molecule has 2 fully saturated rings. The summed E-state index contributed by atoms with van der Waals surface area (Å²) in [7, 11) is 0. The fraction of sp³-hybridized carbons (Fsp3) is 1.00. The van der Waals surface area contributed by atoms with Crippen molar-refractivity contribution in [2.75, 3.05) is 6.61 Å². The van der Waals surface area contributed by atoms with Crippen LogP contribution in [0.1, 0.15) is 46.0 Å². The number of alkyl halides is 1. The predicted octanol–water partition coefficient (Wildman–Crippen LogP) is 3.21. The van der Waals surface area contributed by atoms with Crippen molar-refractivity contribution >= 4 is 22.6 Å². The average molecular weight is 326 g/mol. The standard InChI is InChI=1S/C11H19IO3/c1-10(2,12)9-8-13-11(15-14-9)6-4-3-5-7-11/h9H,3-8H2,1-2H3. The third-order valence-electron chi connectivity index (χ3n) is 3.19. The molecule has 1 heterocycles. The first-order valence-corrected chi connectivity index (χ1v) is 6.77. The van der Waals surface area contributed by atoms with Crippen molar-refractivity contribution in [3.05, 3.63) is 0 Å². The Morgan fingerprint density at radius 1 is 1.20 bits per heavy atom. The van der Waals surface area contributed by atoms with Crippen molar-refractivity contribution in [2.24, 2.45) is 0 Å². The highest BCUT2D eigenvalue weighted by molar-refractivity contribution is 14.1. The number of halogens is 1. The molecule has 2 aliphatic rings. The quantitative estimate of drug-likeness (QED) is 0.421. The molecule has 1 aliphatic carbocycles. The zero-order valence-electron chi connectivity index (χ0n) is 9.42. The number of rotatable bonds is 1. The molecule has 0 aromatic heterocycles. The van der Waals surface area contributed by atoms with Gasteiger partial charge in [-0.3, -0.25) is 0 Å². The Labute approximate surface area is 105 Å². The van der Waals surface area contributed by atoms with E-state index in [-0.39, 0.29) is 9.53 Å². The minimum atomic E-state index is -0.420. The second-order valence-corrected chi connectivity index (χ2v) is 7.80. The summed E-state index contributed by atoms with van der Waals surface area (Å²) in [6.45, 7) is 4.91. The van der Waals surface area contributed by atoms with Crippen molar-refractivity contribution in [3.63, 3.8) is 0 Å². The molecule has 3 nitrogen and oxygen atoms in total. The van der Waals surface area contributed by atoms with Gasteiger partial charge in [-0.25, -0.2) is 9.78 Å². The van der Waals surface area contributed by atoms with Crippen LogP contribution in [0.2, 0.25) is 0 Å². The molecule has 1 spiro atoms. The van der Waals surface area contributed by atoms with Crippen LogP contribution in [-0.2, 0) is 14.5 Å². The van der Waals surface area contributed by atoms with Gasteiger partial charge < -0.3 is 4.74 Å². The lowest BCUT2D eigenvalue weighted by Gasteiger charge is -2.43. The maximum atomic E-state index is 5.89. The smallest absolute Gasteiger partial charge is 0.201 e. The Morgan fingerprint density at radius 2 is 1.87 bits per heavy atom. The molecule has 1 unspecified atom stereocenters. The third-order valence-corrected chi connectivity index (χ3v) is 3.89. The largest absolute Gasteiger partial charge is 0.344 e. The second kappa shape index (κ2) is 4.47. The van der Waals surface area contributed by atoms with E-state index in [2.05, 4.69) is 36.4 Å². The van der Waals surface area contributed by atoms with E-state index < -0.39 is 5.79 Å². The molecule has 1 aliphatic heterocycles. The normalized spacial score (nSPS) is 31.8. The fourth-order valence-electron chi connectivity index (χ4n) is 2.06. The van der Waals surface area contributed by atoms with E-state index in [1.807, 2.05) is 0 Å². The van der Waals surface area contributed by atoms with Crippen LogP contribution < -0.4 is 0 Å². The predicted molar refractivity (Wildman–Crippen MR) is 65.8 cm³/mol. The molecular formula is C11H19IO3. The third kappa shape index (κ3) is 2.84. The lowest BCUT2D eigenvalue weighted by molar-refractivity contribution is -0.493. The first-order chi connectivity index (χ1) is 7.02. The summed E-state index contributed by atoms with van der Waals surface area (Å²) in [5.74, 6) is -0.420. The summed E-state index contributed by atoms with van der Waals surface area (Å²) in [5.41, 5.74) is 0. The van der Waals surface area contributed by atoms with Crippen LogP contribution in [0.5, 0.6) is 0 Å². The molecule has 15 heavy (non-hydrogen) atoms. The van der Waals surface area contributed by atoms with Crippen molar-refractivity contribution in [2.45, 2.75) is 61.3 Å². The van der Waals surface area contributed by atoms with Crippen molar-refractivity contribution < 1.29 is 14.5 Å². The van der Waals surface area contributed by atoms with E-state index in [0.717, 1.165) is 12.8 Å². The van der Waals surface area contributed by atoms with Gasteiger partial charge in [-0.1, -0.05) is 29.0 Å². The van der Waals surface area contributed by atoms with Crippen LogP contribution in [0.25, 0.3) is 0 Å². The van der Waals surface area contributed by atoms with E-state index in [9.17, 15) is 0 Å². The Morgan fingerprint density at radius 3 is 2.33 bits per heavy atom. The molecule has 0 bridgehead atoms. The Balaban J connectivity index is 1.91. The molecule has 2 rings (SSSR count). The van der Waals surface area contributed by atoms with Gasteiger partial charge in [0.15, 0.2) is 0 Å². The Hall–Kier alpha value is 0.610. The summed E-state index contributed by atoms with van der Waals surface area (Å²) in [6.07, 6.45) is 5.63. The molecule has 1 atom stereocenters. The topological polar surface area (TPSA) is 27.7 Å². The monoisotopic (exact) mass is 326 g/mol. The highest BCUT2D eigenvalue weighted by Gasteiger charge is 2.43. The molecule has 1 saturated heterocycles.